The van der Waals surface area contributed by atoms with Crippen LogP contribution in [0.5, 0.6) is 0 Å². The molecule has 1 rings (SSSR count). The number of nitrogens with one attached hydrogen (secondary N) is 2. The van der Waals surface area contributed by atoms with Gasteiger partial charge in [-0.25, -0.2) is 0 Å². The Balaban J connectivity index is 2.10. The van der Waals surface area contributed by atoms with E-state index in [0.717, 1.165) is 6.42 Å². The highest BCUT2D eigenvalue weighted by atomic mass is 35.5. The molecule has 0 saturated heterocycles. The Labute approximate surface area is 117 Å². The summed E-state index contributed by atoms with van der Waals surface area (Å²) in [7, 11) is 0. The van der Waals surface area contributed by atoms with Crippen LogP contribution in [0.4, 0.5) is 5.69 Å². The lowest BCUT2D eigenvalue weighted by Gasteiger charge is -2.08. The van der Waals surface area contributed by atoms with Gasteiger partial charge in [-0.15, -0.1) is 0 Å². The molecule has 0 aliphatic carbocycles. The number of anilines is 1. The molecule has 0 aliphatic rings. The second-order valence-electron chi connectivity index (χ2n) is 3.89. The molecule has 0 aromatic heterocycles. The predicted molar refractivity (Wildman–Crippen MR) is 75.5 cm³/mol. The molecule has 1 aromatic rings. The van der Waals surface area contributed by atoms with Crippen molar-refractivity contribution in [3.8, 4) is 0 Å². The number of halogens is 1. The average Bonchev–Trinajstić information content (AvgIpc) is 2.40. The maximum atomic E-state index is 11.6. The van der Waals surface area contributed by atoms with E-state index in [4.69, 9.17) is 21.4 Å². The van der Waals surface area contributed by atoms with E-state index < -0.39 is 0 Å². The van der Waals surface area contributed by atoms with Gasteiger partial charge >= 0.3 is 0 Å². The highest BCUT2D eigenvalue weighted by molar-refractivity contribution is 6.33. The van der Waals surface area contributed by atoms with Gasteiger partial charge in [0.25, 0.3) is 0 Å². The Kier molecular flexibility index (Phi) is 8.16. The fourth-order valence-corrected chi connectivity index (χ4v) is 1.61. The van der Waals surface area contributed by atoms with E-state index in [-0.39, 0.29) is 19.1 Å². The molecule has 0 spiro atoms. The van der Waals surface area contributed by atoms with Crippen LogP contribution in [0, 0.1) is 0 Å². The lowest BCUT2D eigenvalue weighted by Crippen LogP contribution is -2.29. The summed E-state index contributed by atoms with van der Waals surface area (Å²) >= 11 is 5.93. The zero-order chi connectivity index (χ0) is 13.9. The van der Waals surface area contributed by atoms with Crippen LogP contribution in [-0.2, 0) is 9.53 Å². The van der Waals surface area contributed by atoms with E-state index in [0.29, 0.717) is 30.5 Å². The van der Waals surface area contributed by atoms with Gasteiger partial charge < -0.3 is 20.5 Å². The van der Waals surface area contributed by atoms with E-state index in [2.05, 4.69) is 10.6 Å². The number of para-hydroxylation sites is 1. The fraction of sp³-hybridized carbons (Fsp3) is 0.462. The Morgan fingerprint density at radius 3 is 2.84 bits per heavy atom. The van der Waals surface area contributed by atoms with Gasteiger partial charge in [-0.1, -0.05) is 23.7 Å². The number of hydrogen-bond donors (Lipinski definition) is 3. The highest BCUT2D eigenvalue weighted by Gasteiger charge is 2.04. The molecular formula is C13H19ClN2O3. The molecule has 5 nitrogen and oxygen atoms in total. The van der Waals surface area contributed by atoms with E-state index >= 15 is 0 Å². The van der Waals surface area contributed by atoms with Crippen LogP contribution < -0.4 is 10.6 Å². The van der Waals surface area contributed by atoms with Gasteiger partial charge in [0.15, 0.2) is 0 Å². The summed E-state index contributed by atoms with van der Waals surface area (Å²) in [5, 5.41) is 14.7. The molecule has 0 radical (unpaired) electrons. The smallest absolute Gasteiger partial charge is 0.238 e. The number of benzene rings is 1. The minimum atomic E-state index is -0.135. The summed E-state index contributed by atoms with van der Waals surface area (Å²) in [4.78, 5) is 11.6. The topological polar surface area (TPSA) is 70.6 Å². The van der Waals surface area contributed by atoms with Crippen molar-refractivity contribution in [2.75, 3.05) is 38.2 Å². The minimum Gasteiger partial charge on any atom is -0.394 e. The number of aliphatic hydroxyl groups excluding tert-OH is 1. The number of rotatable bonds is 9. The summed E-state index contributed by atoms with van der Waals surface area (Å²) in [6.07, 6.45) is 0.791. The van der Waals surface area contributed by atoms with Crippen LogP contribution >= 0.6 is 11.6 Å². The molecule has 0 unspecified atom stereocenters. The second kappa shape index (κ2) is 9.75. The van der Waals surface area contributed by atoms with Gasteiger partial charge in [0.2, 0.25) is 5.91 Å². The molecule has 0 fully saturated rings. The van der Waals surface area contributed by atoms with Gasteiger partial charge in [-0.2, -0.15) is 0 Å². The minimum absolute atomic E-state index is 0.0354. The third-order valence-electron chi connectivity index (χ3n) is 2.31. The van der Waals surface area contributed by atoms with Crippen molar-refractivity contribution in [2.24, 2.45) is 0 Å². The quantitative estimate of drug-likeness (QED) is 0.598. The predicted octanol–water partition coefficient (Wildman–Crippen LogP) is 1.27. The number of carbonyl (C=O) groups excluding carboxylic acids is 1. The molecule has 3 N–H and O–H groups in total. The van der Waals surface area contributed by atoms with Crippen LogP contribution in [0.2, 0.25) is 5.02 Å². The summed E-state index contributed by atoms with van der Waals surface area (Å²) in [5.74, 6) is -0.135. The summed E-state index contributed by atoms with van der Waals surface area (Å²) < 4.78 is 5.09. The maximum absolute atomic E-state index is 11.6. The Hall–Kier alpha value is -1.14. The average molecular weight is 287 g/mol. The molecule has 0 atom stereocenters. The summed E-state index contributed by atoms with van der Waals surface area (Å²) in [6.45, 7) is 1.87. The number of ether oxygens (including phenoxy) is 1. The van der Waals surface area contributed by atoms with Gasteiger partial charge in [0, 0.05) is 6.61 Å². The zero-order valence-electron chi connectivity index (χ0n) is 10.7. The van der Waals surface area contributed by atoms with Crippen LogP contribution in [0.15, 0.2) is 24.3 Å². The molecule has 106 valence electrons. The van der Waals surface area contributed by atoms with Crippen LogP contribution in [0.3, 0.4) is 0 Å². The van der Waals surface area contributed by atoms with Crippen molar-refractivity contribution in [2.45, 2.75) is 6.42 Å². The van der Waals surface area contributed by atoms with Crippen LogP contribution in [0.25, 0.3) is 0 Å². The van der Waals surface area contributed by atoms with Crippen molar-refractivity contribution in [3.63, 3.8) is 0 Å². The highest BCUT2D eigenvalue weighted by Crippen LogP contribution is 2.19. The standard InChI is InChI=1S/C13H19ClN2O3/c14-11-4-1-2-5-12(11)16-13(18)10-15-6-3-8-19-9-7-17/h1-2,4-5,15,17H,3,6-10H2,(H,16,18). The molecule has 1 aromatic carbocycles. The molecular weight excluding hydrogens is 268 g/mol. The van der Waals surface area contributed by atoms with E-state index in [9.17, 15) is 4.79 Å². The van der Waals surface area contributed by atoms with E-state index in [1.807, 2.05) is 12.1 Å². The number of carbonyl (C=O) groups is 1. The lowest BCUT2D eigenvalue weighted by molar-refractivity contribution is -0.115. The monoisotopic (exact) mass is 286 g/mol. The number of aliphatic hydroxyl groups is 1. The van der Waals surface area contributed by atoms with Gasteiger partial charge in [-0.05, 0) is 25.1 Å². The Bertz CT molecular complexity index is 388. The first-order chi connectivity index (χ1) is 9.24. The third kappa shape index (κ3) is 7.12. The maximum Gasteiger partial charge on any atom is 0.238 e. The fourth-order valence-electron chi connectivity index (χ4n) is 1.42. The van der Waals surface area contributed by atoms with Crippen molar-refractivity contribution in [3.05, 3.63) is 29.3 Å². The SMILES string of the molecule is O=C(CNCCCOCCO)Nc1ccccc1Cl. The Morgan fingerprint density at radius 2 is 2.11 bits per heavy atom. The molecule has 0 aliphatic heterocycles. The van der Waals surface area contributed by atoms with Gasteiger partial charge in [0.05, 0.1) is 30.5 Å². The van der Waals surface area contributed by atoms with Crippen molar-refractivity contribution >= 4 is 23.2 Å². The summed E-state index contributed by atoms with van der Waals surface area (Å²) in [6, 6.07) is 7.10. The first-order valence-electron chi connectivity index (χ1n) is 6.17. The van der Waals surface area contributed by atoms with Crippen molar-refractivity contribution in [1.29, 1.82) is 0 Å². The molecule has 1 amide bonds. The van der Waals surface area contributed by atoms with Crippen molar-refractivity contribution in [1.82, 2.24) is 5.32 Å². The zero-order valence-corrected chi connectivity index (χ0v) is 11.4. The first-order valence-corrected chi connectivity index (χ1v) is 6.55. The van der Waals surface area contributed by atoms with Gasteiger partial charge in [0.1, 0.15) is 0 Å². The Morgan fingerprint density at radius 1 is 1.32 bits per heavy atom. The van der Waals surface area contributed by atoms with Crippen LogP contribution in [-0.4, -0.2) is 43.9 Å². The molecule has 0 heterocycles. The molecule has 0 saturated carbocycles. The molecule has 19 heavy (non-hydrogen) atoms. The number of amides is 1. The van der Waals surface area contributed by atoms with E-state index in [1.165, 1.54) is 0 Å². The lowest BCUT2D eigenvalue weighted by atomic mass is 10.3. The van der Waals surface area contributed by atoms with Crippen molar-refractivity contribution < 1.29 is 14.6 Å². The van der Waals surface area contributed by atoms with E-state index in [1.54, 1.807) is 12.1 Å². The largest absolute Gasteiger partial charge is 0.394 e. The third-order valence-corrected chi connectivity index (χ3v) is 2.64. The second-order valence-corrected chi connectivity index (χ2v) is 4.30. The number of hydrogen-bond acceptors (Lipinski definition) is 4. The first kappa shape index (κ1) is 15.9. The molecule has 0 bridgehead atoms. The molecule has 6 heteroatoms. The van der Waals surface area contributed by atoms with Gasteiger partial charge in [-0.3, -0.25) is 4.79 Å². The summed E-state index contributed by atoms with van der Waals surface area (Å²) in [5.41, 5.74) is 0.613. The van der Waals surface area contributed by atoms with Crippen LogP contribution in [0.1, 0.15) is 6.42 Å². The normalized spacial score (nSPS) is 10.4.